The van der Waals surface area contributed by atoms with Crippen molar-refractivity contribution in [2.45, 2.75) is 32.9 Å². The van der Waals surface area contributed by atoms with Gasteiger partial charge in [0.15, 0.2) is 0 Å². The first-order valence-corrected chi connectivity index (χ1v) is 5.17. The van der Waals surface area contributed by atoms with Crippen molar-refractivity contribution in [1.82, 2.24) is 4.98 Å². The van der Waals surface area contributed by atoms with Gasteiger partial charge in [-0.1, -0.05) is 20.8 Å². The van der Waals surface area contributed by atoms with Crippen LogP contribution in [0.1, 0.15) is 26.3 Å². The molecule has 0 saturated carbocycles. The molecule has 0 fully saturated rings. The number of halogens is 1. The maximum atomic E-state index is 14.6. The Morgan fingerprint density at radius 2 is 1.80 bits per heavy atom. The van der Waals surface area contributed by atoms with Crippen LogP contribution in [-0.4, -0.2) is 17.2 Å². The van der Waals surface area contributed by atoms with Crippen LogP contribution in [0.2, 0.25) is 0 Å². The molecule has 1 aromatic heterocycles. The zero-order valence-corrected chi connectivity index (χ0v) is 9.63. The molecule has 0 amide bonds. The van der Waals surface area contributed by atoms with Crippen LogP contribution in [0.25, 0.3) is 0 Å². The highest BCUT2D eigenvalue weighted by molar-refractivity contribution is 5.15. The van der Waals surface area contributed by atoms with E-state index in [1.165, 1.54) is 0 Å². The third-order valence-corrected chi connectivity index (χ3v) is 2.90. The highest BCUT2D eigenvalue weighted by atomic mass is 19.1. The Kier molecular flexibility index (Phi) is 3.45. The number of hydrogen-bond acceptors (Lipinski definition) is 2. The number of alkyl halides is 1. The van der Waals surface area contributed by atoms with E-state index in [0.29, 0.717) is 6.42 Å². The molecule has 0 saturated heterocycles. The van der Waals surface area contributed by atoms with Crippen LogP contribution < -0.4 is 5.73 Å². The second-order valence-corrected chi connectivity index (χ2v) is 4.95. The maximum absolute atomic E-state index is 14.6. The molecule has 0 aromatic carbocycles. The first-order chi connectivity index (χ1) is 6.89. The summed E-state index contributed by atoms with van der Waals surface area (Å²) in [6.07, 6.45) is 3.69. The van der Waals surface area contributed by atoms with Crippen LogP contribution in [-0.2, 0) is 6.42 Å². The van der Waals surface area contributed by atoms with E-state index in [-0.39, 0.29) is 6.54 Å². The van der Waals surface area contributed by atoms with E-state index in [4.69, 9.17) is 5.73 Å². The van der Waals surface area contributed by atoms with Gasteiger partial charge in [0.2, 0.25) is 0 Å². The second kappa shape index (κ2) is 4.27. The molecule has 0 bridgehead atoms. The minimum atomic E-state index is -1.37. The van der Waals surface area contributed by atoms with E-state index in [0.717, 1.165) is 5.56 Å². The first kappa shape index (κ1) is 12.1. The van der Waals surface area contributed by atoms with Crippen molar-refractivity contribution in [3.05, 3.63) is 30.1 Å². The zero-order chi connectivity index (χ0) is 11.5. The molecule has 0 aliphatic carbocycles. The Morgan fingerprint density at radius 1 is 1.27 bits per heavy atom. The maximum Gasteiger partial charge on any atom is 0.132 e. The number of nitrogens with zero attached hydrogens (tertiary/aromatic N) is 1. The predicted molar refractivity (Wildman–Crippen MR) is 60.3 cm³/mol. The van der Waals surface area contributed by atoms with Gasteiger partial charge in [-0.25, -0.2) is 4.39 Å². The van der Waals surface area contributed by atoms with Gasteiger partial charge < -0.3 is 5.73 Å². The zero-order valence-electron chi connectivity index (χ0n) is 9.63. The average Bonchev–Trinajstić information content (AvgIpc) is 2.17. The van der Waals surface area contributed by atoms with E-state index in [2.05, 4.69) is 4.98 Å². The molecule has 3 heteroatoms. The minimum Gasteiger partial charge on any atom is -0.327 e. The van der Waals surface area contributed by atoms with Gasteiger partial charge in [-0.15, -0.1) is 0 Å². The van der Waals surface area contributed by atoms with Gasteiger partial charge in [-0.2, -0.15) is 0 Å². The highest BCUT2D eigenvalue weighted by Crippen LogP contribution is 2.36. The molecule has 1 atom stereocenters. The van der Waals surface area contributed by atoms with Crippen molar-refractivity contribution < 1.29 is 4.39 Å². The summed E-state index contributed by atoms with van der Waals surface area (Å²) in [6, 6.07) is 3.66. The van der Waals surface area contributed by atoms with E-state index in [1.54, 1.807) is 12.4 Å². The Bertz CT molecular complexity index is 305. The van der Waals surface area contributed by atoms with E-state index in [9.17, 15) is 4.39 Å². The van der Waals surface area contributed by atoms with Crippen LogP contribution in [0, 0.1) is 5.41 Å². The topological polar surface area (TPSA) is 38.9 Å². The first-order valence-electron chi connectivity index (χ1n) is 5.17. The summed E-state index contributed by atoms with van der Waals surface area (Å²) >= 11 is 0. The highest BCUT2D eigenvalue weighted by Gasteiger charge is 2.41. The molecular formula is C12H19FN2. The quantitative estimate of drug-likeness (QED) is 0.831. The van der Waals surface area contributed by atoms with Crippen LogP contribution in [0.3, 0.4) is 0 Å². The fraction of sp³-hybridized carbons (Fsp3) is 0.583. The van der Waals surface area contributed by atoms with E-state index >= 15 is 0 Å². The summed E-state index contributed by atoms with van der Waals surface area (Å²) in [5.41, 5.74) is 4.67. The summed E-state index contributed by atoms with van der Waals surface area (Å²) in [6.45, 7) is 5.67. The lowest BCUT2D eigenvalue weighted by Crippen LogP contribution is -2.47. The predicted octanol–water partition coefficient (Wildman–Crippen LogP) is 2.34. The molecule has 2 nitrogen and oxygen atoms in total. The summed E-state index contributed by atoms with van der Waals surface area (Å²) < 4.78 is 14.6. The van der Waals surface area contributed by atoms with Crippen molar-refractivity contribution in [2.24, 2.45) is 11.1 Å². The van der Waals surface area contributed by atoms with Gasteiger partial charge in [-0.3, -0.25) is 4.98 Å². The van der Waals surface area contributed by atoms with Crippen LogP contribution in [0.4, 0.5) is 4.39 Å². The van der Waals surface area contributed by atoms with Crippen molar-refractivity contribution in [3.8, 4) is 0 Å². The normalized spacial score (nSPS) is 16.1. The lowest BCUT2D eigenvalue weighted by Gasteiger charge is -2.37. The molecule has 2 N–H and O–H groups in total. The van der Waals surface area contributed by atoms with Gasteiger partial charge in [0.25, 0.3) is 0 Å². The Hall–Kier alpha value is -0.960. The van der Waals surface area contributed by atoms with Gasteiger partial charge in [0.1, 0.15) is 5.67 Å². The van der Waals surface area contributed by atoms with Crippen LogP contribution >= 0.6 is 0 Å². The number of rotatable bonds is 3. The number of aromatic nitrogens is 1. The fourth-order valence-corrected chi connectivity index (χ4v) is 1.47. The molecule has 15 heavy (non-hydrogen) atoms. The summed E-state index contributed by atoms with van der Waals surface area (Å²) in [5, 5.41) is 0. The molecule has 0 aliphatic rings. The molecular weight excluding hydrogens is 191 g/mol. The van der Waals surface area contributed by atoms with Crippen LogP contribution in [0.15, 0.2) is 24.5 Å². The molecule has 0 spiro atoms. The lowest BCUT2D eigenvalue weighted by molar-refractivity contribution is 0.0382. The Morgan fingerprint density at radius 3 is 2.20 bits per heavy atom. The smallest absolute Gasteiger partial charge is 0.132 e. The molecule has 1 heterocycles. The molecule has 1 rings (SSSR count). The van der Waals surface area contributed by atoms with Gasteiger partial charge in [-0.05, 0) is 23.1 Å². The molecule has 0 radical (unpaired) electrons. The Labute approximate surface area is 90.7 Å². The van der Waals surface area contributed by atoms with Gasteiger partial charge >= 0.3 is 0 Å². The standard InChI is InChI=1S/C12H19FN2/c1-11(2,3)12(13,9-14)8-10-4-6-15-7-5-10/h4-7H,8-9,14H2,1-3H3. The average molecular weight is 210 g/mol. The SMILES string of the molecule is CC(C)(C)C(F)(CN)Cc1ccncc1. The third kappa shape index (κ3) is 2.75. The lowest BCUT2D eigenvalue weighted by atomic mass is 9.74. The van der Waals surface area contributed by atoms with E-state index < -0.39 is 11.1 Å². The van der Waals surface area contributed by atoms with Gasteiger partial charge in [0.05, 0.1) is 0 Å². The number of nitrogens with two attached hydrogens (primary N) is 1. The molecule has 84 valence electrons. The monoisotopic (exact) mass is 210 g/mol. The molecule has 1 unspecified atom stereocenters. The van der Waals surface area contributed by atoms with Crippen molar-refractivity contribution in [1.29, 1.82) is 0 Å². The van der Waals surface area contributed by atoms with E-state index in [1.807, 2.05) is 32.9 Å². The molecule has 1 aromatic rings. The minimum absolute atomic E-state index is 0.0405. The number of pyridine rings is 1. The summed E-state index contributed by atoms with van der Waals surface area (Å²) in [4.78, 5) is 3.91. The van der Waals surface area contributed by atoms with Crippen molar-refractivity contribution in [2.75, 3.05) is 6.54 Å². The van der Waals surface area contributed by atoms with Crippen LogP contribution in [0.5, 0.6) is 0 Å². The third-order valence-electron chi connectivity index (χ3n) is 2.90. The van der Waals surface area contributed by atoms with Crippen molar-refractivity contribution >= 4 is 0 Å². The second-order valence-electron chi connectivity index (χ2n) is 4.95. The van der Waals surface area contributed by atoms with Crippen molar-refractivity contribution in [3.63, 3.8) is 0 Å². The Balaban J connectivity index is 2.87. The summed E-state index contributed by atoms with van der Waals surface area (Å²) in [7, 11) is 0. The fourth-order valence-electron chi connectivity index (χ4n) is 1.47. The number of hydrogen-bond donors (Lipinski definition) is 1. The van der Waals surface area contributed by atoms with Gasteiger partial charge in [0, 0.05) is 25.4 Å². The molecule has 0 aliphatic heterocycles. The largest absolute Gasteiger partial charge is 0.327 e. The summed E-state index contributed by atoms with van der Waals surface area (Å²) in [5.74, 6) is 0.